The van der Waals surface area contributed by atoms with E-state index in [4.69, 9.17) is 11.6 Å². The van der Waals surface area contributed by atoms with Gasteiger partial charge in [-0.2, -0.15) is 5.10 Å². The Balaban J connectivity index is 2.59. The molecule has 0 aliphatic carbocycles. The highest BCUT2D eigenvalue weighted by Gasteiger charge is 2.22. The molecule has 0 bridgehead atoms. The molecule has 0 saturated heterocycles. The van der Waals surface area contributed by atoms with Gasteiger partial charge >= 0.3 is 5.97 Å². The van der Waals surface area contributed by atoms with Gasteiger partial charge in [-0.05, 0) is 6.07 Å². The van der Waals surface area contributed by atoms with Crippen LogP contribution in [0.3, 0.4) is 0 Å². The van der Waals surface area contributed by atoms with Crippen LogP contribution in [0.15, 0.2) is 18.2 Å². The van der Waals surface area contributed by atoms with Crippen molar-refractivity contribution in [3.63, 3.8) is 0 Å². The molecule has 0 saturated carbocycles. The summed E-state index contributed by atoms with van der Waals surface area (Å²) in [4.78, 5) is 11.2. The molecule has 0 fully saturated rings. The van der Waals surface area contributed by atoms with Crippen LogP contribution in [0.2, 0.25) is 5.15 Å². The Morgan fingerprint density at radius 3 is 3.06 bits per heavy atom. The molecule has 6 heteroatoms. The van der Waals surface area contributed by atoms with Gasteiger partial charge in [-0.3, -0.25) is 5.10 Å². The van der Waals surface area contributed by atoms with Crippen molar-refractivity contribution in [3.8, 4) is 0 Å². The van der Waals surface area contributed by atoms with E-state index in [-0.39, 0.29) is 5.15 Å². The van der Waals surface area contributed by atoms with Gasteiger partial charge in [-0.1, -0.05) is 23.7 Å². The molecule has 0 amide bonds. The van der Waals surface area contributed by atoms with Crippen molar-refractivity contribution in [1.82, 2.24) is 10.2 Å². The van der Waals surface area contributed by atoms with E-state index in [1.165, 1.54) is 7.11 Å². The number of aliphatic hydroxyl groups excluding tert-OH is 1. The van der Waals surface area contributed by atoms with Crippen molar-refractivity contribution < 1.29 is 14.6 Å². The number of nitrogens with one attached hydrogen (secondary N) is 1. The third-order valence-electron chi connectivity index (χ3n) is 2.29. The number of benzene rings is 1. The summed E-state index contributed by atoms with van der Waals surface area (Å²) in [5, 5.41) is 17.1. The standard InChI is InChI=1S/C10H9ClN2O3/c1-16-10(15)8(14)5-3-2-4-6-7(5)9(11)13-12-6/h2-4,8,14H,1H3,(H,12,13). The minimum atomic E-state index is -1.36. The van der Waals surface area contributed by atoms with Gasteiger partial charge < -0.3 is 9.84 Å². The largest absolute Gasteiger partial charge is 0.467 e. The number of methoxy groups -OCH3 is 1. The van der Waals surface area contributed by atoms with E-state index in [2.05, 4.69) is 14.9 Å². The Hall–Kier alpha value is -1.59. The lowest BCUT2D eigenvalue weighted by molar-refractivity contribution is -0.150. The molecule has 1 aromatic heterocycles. The number of halogens is 1. The average molecular weight is 241 g/mol. The number of carbonyl (C=O) groups excluding carboxylic acids is 1. The van der Waals surface area contributed by atoms with E-state index in [0.717, 1.165) is 0 Å². The summed E-state index contributed by atoms with van der Waals surface area (Å²) in [7, 11) is 1.21. The minimum Gasteiger partial charge on any atom is -0.467 e. The van der Waals surface area contributed by atoms with Crippen molar-refractivity contribution in [2.45, 2.75) is 6.10 Å². The summed E-state index contributed by atoms with van der Waals surface area (Å²) in [6, 6.07) is 5.01. The van der Waals surface area contributed by atoms with Crippen LogP contribution in [0.4, 0.5) is 0 Å². The van der Waals surface area contributed by atoms with Gasteiger partial charge in [0, 0.05) is 10.9 Å². The molecular formula is C10H9ClN2O3. The molecule has 5 nitrogen and oxygen atoms in total. The van der Waals surface area contributed by atoms with Crippen LogP contribution >= 0.6 is 11.6 Å². The lowest BCUT2D eigenvalue weighted by Crippen LogP contribution is -2.13. The van der Waals surface area contributed by atoms with E-state index < -0.39 is 12.1 Å². The maximum absolute atomic E-state index is 11.2. The average Bonchev–Trinajstić information content (AvgIpc) is 2.69. The molecule has 84 valence electrons. The van der Waals surface area contributed by atoms with Gasteiger partial charge in [-0.15, -0.1) is 0 Å². The van der Waals surface area contributed by atoms with Gasteiger partial charge in [0.1, 0.15) is 5.15 Å². The van der Waals surface area contributed by atoms with Crippen LogP contribution in [0.5, 0.6) is 0 Å². The van der Waals surface area contributed by atoms with Crippen LogP contribution in [0, 0.1) is 0 Å². The topological polar surface area (TPSA) is 75.2 Å². The quantitative estimate of drug-likeness (QED) is 0.779. The van der Waals surface area contributed by atoms with Gasteiger partial charge in [0.2, 0.25) is 0 Å². The number of ether oxygens (including phenoxy) is 1. The Bertz CT molecular complexity index is 538. The monoisotopic (exact) mass is 240 g/mol. The Morgan fingerprint density at radius 2 is 2.38 bits per heavy atom. The summed E-state index contributed by atoms with van der Waals surface area (Å²) in [6.45, 7) is 0. The zero-order chi connectivity index (χ0) is 11.7. The van der Waals surface area contributed by atoms with E-state index in [1.807, 2.05) is 0 Å². The smallest absolute Gasteiger partial charge is 0.339 e. The first kappa shape index (κ1) is 10.9. The van der Waals surface area contributed by atoms with Gasteiger partial charge in [0.05, 0.1) is 12.6 Å². The lowest BCUT2D eigenvalue weighted by atomic mass is 10.1. The van der Waals surface area contributed by atoms with Crippen LogP contribution in [0.25, 0.3) is 10.9 Å². The molecule has 1 aromatic carbocycles. The minimum absolute atomic E-state index is 0.286. The second-order valence-corrected chi connectivity index (χ2v) is 3.58. The first-order valence-corrected chi connectivity index (χ1v) is 4.91. The number of hydrogen-bond acceptors (Lipinski definition) is 4. The second-order valence-electron chi connectivity index (χ2n) is 3.20. The van der Waals surface area contributed by atoms with E-state index in [0.29, 0.717) is 16.5 Å². The summed E-state index contributed by atoms with van der Waals surface area (Å²) in [5.74, 6) is -0.732. The third kappa shape index (κ3) is 1.64. The van der Waals surface area contributed by atoms with Crippen LogP contribution < -0.4 is 0 Å². The van der Waals surface area contributed by atoms with E-state index in [9.17, 15) is 9.90 Å². The molecule has 16 heavy (non-hydrogen) atoms. The lowest BCUT2D eigenvalue weighted by Gasteiger charge is -2.09. The fourth-order valence-corrected chi connectivity index (χ4v) is 1.77. The van der Waals surface area contributed by atoms with Gasteiger partial charge in [0.25, 0.3) is 0 Å². The van der Waals surface area contributed by atoms with Crippen LogP contribution in [-0.4, -0.2) is 28.4 Å². The molecule has 2 aromatic rings. The summed E-state index contributed by atoms with van der Waals surface area (Å²) in [6.07, 6.45) is -1.36. The Kier molecular flexibility index (Phi) is 2.80. The second kappa shape index (κ2) is 4.11. The fraction of sp³-hybridized carbons (Fsp3) is 0.200. The molecule has 0 spiro atoms. The normalized spacial score (nSPS) is 12.7. The van der Waals surface area contributed by atoms with Crippen molar-refractivity contribution in [2.24, 2.45) is 0 Å². The highest BCUT2D eigenvalue weighted by molar-refractivity contribution is 6.34. The predicted molar refractivity (Wildman–Crippen MR) is 58.1 cm³/mol. The number of aromatic amines is 1. The van der Waals surface area contributed by atoms with Gasteiger partial charge in [-0.25, -0.2) is 4.79 Å². The number of aliphatic hydroxyl groups is 1. The van der Waals surface area contributed by atoms with Crippen molar-refractivity contribution in [1.29, 1.82) is 0 Å². The number of carbonyl (C=O) groups is 1. The van der Waals surface area contributed by atoms with Gasteiger partial charge in [0.15, 0.2) is 6.10 Å². The number of hydrogen-bond donors (Lipinski definition) is 2. The number of aromatic nitrogens is 2. The molecule has 1 atom stereocenters. The molecule has 0 radical (unpaired) electrons. The van der Waals surface area contributed by atoms with Crippen LogP contribution in [-0.2, 0) is 9.53 Å². The van der Waals surface area contributed by atoms with E-state index >= 15 is 0 Å². The Morgan fingerprint density at radius 1 is 1.62 bits per heavy atom. The fourth-order valence-electron chi connectivity index (χ4n) is 1.52. The highest BCUT2D eigenvalue weighted by atomic mass is 35.5. The number of nitrogens with zero attached hydrogens (tertiary/aromatic N) is 1. The number of fused-ring (bicyclic) bond motifs is 1. The van der Waals surface area contributed by atoms with Crippen molar-refractivity contribution >= 4 is 28.5 Å². The molecule has 1 unspecified atom stereocenters. The molecule has 2 N–H and O–H groups in total. The highest BCUT2D eigenvalue weighted by Crippen LogP contribution is 2.29. The molecule has 0 aliphatic heterocycles. The first-order chi connectivity index (χ1) is 7.65. The summed E-state index contributed by atoms with van der Waals surface area (Å²) < 4.78 is 4.47. The maximum Gasteiger partial charge on any atom is 0.339 e. The number of H-pyrrole nitrogens is 1. The summed E-state index contributed by atoms with van der Waals surface area (Å²) in [5.41, 5.74) is 0.966. The predicted octanol–water partition coefficient (Wildman–Crippen LogP) is 1.42. The number of rotatable bonds is 2. The SMILES string of the molecule is COC(=O)C(O)c1cccc2n[nH]c(Cl)c12. The molecule has 0 aliphatic rings. The van der Waals surface area contributed by atoms with Crippen molar-refractivity contribution in [2.75, 3.05) is 7.11 Å². The first-order valence-electron chi connectivity index (χ1n) is 4.53. The zero-order valence-corrected chi connectivity index (χ0v) is 9.15. The molecule has 2 rings (SSSR count). The Labute approximate surface area is 96.0 Å². The molecule has 1 heterocycles. The van der Waals surface area contributed by atoms with Crippen LogP contribution in [0.1, 0.15) is 11.7 Å². The summed E-state index contributed by atoms with van der Waals surface area (Å²) >= 11 is 5.89. The van der Waals surface area contributed by atoms with E-state index in [1.54, 1.807) is 18.2 Å². The maximum atomic E-state index is 11.2. The third-order valence-corrected chi connectivity index (χ3v) is 2.56. The van der Waals surface area contributed by atoms with Crippen molar-refractivity contribution in [3.05, 3.63) is 28.9 Å². The number of esters is 1. The zero-order valence-electron chi connectivity index (χ0n) is 8.40. The molecular weight excluding hydrogens is 232 g/mol.